The molecule has 0 spiro atoms. The molecule has 2 aromatic heterocycles. The first-order valence-corrected chi connectivity index (χ1v) is 8.21. The van der Waals surface area contributed by atoms with Crippen molar-refractivity contribution in [2.75, 3.05) is 25.5 Å². The molecular formula is C17H22N6. The lowest BCUT2D eigenvalue weighted by Gasteiger charge is -2.39. The van der Waals surface area contributed by atoms with Gasteiger partial charge in [0.25, 0.3) is 0 Å². The van der Waals surface area contributed by atoms with Gasteiger partial charge in [-0.05, 0) is 37.6 Å². The predicted octanol–water partition coefficient (Wildman–Crippen LogP) is 1.89. The summed E-state index contributed by atoms with van der Waals surface area (Å²) in [6, 6.07) is 7.36. The van der Waals surface area contributed by atoms with E-state index in [1.807, 2.05) is 12.3 Å². The zero-order chi connectivity index (χ0) is 15.6. The Balaban J connectivity index is 1.41. The molecule has 0 aliphatic carbocycles. The normalized spacial score (nSPS) is 24.7. The maximum Gasteiger partial charge on any atom is 0.228 e. The van der Waals surface area contributed by atoms with Crippen molar-refractivity contribution in [2.24, 2.45) is 0 Å². The summed E-state index contributed by atoms with van der Waals surface area (Å²) in [7, 11) is 2.23. The van der Waals surface area contributed by atoms with E-state index in [1.165, 1.54) is 31.5 Å². The fourth-order valence-corrected chi connectivity index (χ4v) is 3.74. The van der Waals surface area contributed by atoms with Gasteiger partial charge in [-0.1, -0.05) is 6.07 Å². The monoisotopic (exact) mass is 310 g/mol. The summed E-state index contributed by atoms with van der Waals surface area (Å²) in [5.41, 5.74) is 1.27. The Morgan fingerprint density at radius 2 is 1.83 bits per heavy atom. The van der Waals surface area contributed by atoms with E-state index in [4.69, 9.17) is 0 Å². The number of hydrogen-bond donors (Lipinski definition) is 1. The Bertz CT molecular complexity index is 630. The number of pyridine rings is 1. The Morgan fingerprint density at radius 1 is 1.09 bits per heavy atom. The van der Waals surface area contributed by atoms with Crippen molar-refractivity contribution < 1.29 is 0 Å². The van der Waals surface area contributed by atoms with Crippen molar-refractivity contribution in [3.8, 4) is 0 Å². The lowest BCUT2D eigenvalue weighted by atomic mass is 10.1. The van der Waals surface area contributed by atoms with Crippen molar-refractivity contribution in [1.29, 1.82) is 0 Å². The minimum atomic E-state index is 0.574. The summed E-state index contributed by atoms with van der Waals surface area (Å²) < 4.78 is 0. The number of anilines is 2. The van der Waals surface area contributed by atoms with Gasteiger partial charge in [-0.25, -0.2) is 15.0 Å². The zero-order valence-electron chi connectivity index (χ0n) is 13.4. The molecule has 2 saturated heterocycles. The van der Waals surface area contributed by atoms with Crippen molar-refractivity contribution in [3.63, 3.8) is 0 Å². The van der Waals surface area contributed by atoms with Crippen LogP contribution in [0.3, 0.4) is 0 Å². The van der Waals surface area contributed by atoms with Crippen molar-refractivity contribution in [1.82, 2.24) is 24.8 Å². The molecule has 0 amide bonds. The van der Waals surface area contributed by atoms with Crippen molar-refractivity contribution >= 4 is 11.8 Å². The van der Waals surface area contributed by atoms with Gasteiger partial charge in [-0.2, -0.15) is 0 Å². The number of rotatable bonds is 4. The third-order valence-corrected chi connectivity index (χ3v) is 4.81. The number of fused-ring (bicyclic) bond motifs is 2. The van der Waals surface area contributed by atoms with Gasteiger partial charge in [0.15, 0.2) is 0 Å². The van der Waals surface area contributed by atoms with Crippen LogP contribution in [0.5, 0.6) is 0 Å². The van der Waals surface area contributed by atoms with Crippen LogP contribution in [0, 0.1) is 0 Å². The van der Waals surface area contributed by atoms with E-state index in [2.05, 4.69) is 43.2 Å². The maximum absolute atomic E-state index is 4.50. The van der Waals surface area contributed by atoms with Gasteiger partial charge >= 0.3 is 0 Å². The Morgan fingerprint density at radius 3 is 2.48 bits per heavy atom. The highest BCUT2D eigenvalue weighted by Gasteiger charge is 2.38. The summed E-state index contributed by atoms with van der Waals surface area (Å²) in [6.45, 7) is 3.38. The van der Waals surface area contributed by atoms with Gasteiger partial charge < -0.3 is 10.2 Å². The number of hydrogen-bond acceptors (Lipinski definition) is 6. The molecule has 2 fully saturated rings. The van der Waals surface area contributed by atoms with Gasteiger partial charge in [0.1, 0.15) is 5.82 Å². The first kappa shape index (κ1) is 14.5. The van der Waals surface area contributed by atoms with Gasteiger partial charge in [0.05, 0.1) is 0 Å². The molecule has 2 atom stereocenters. The van der Waals surface area contributed by atoms with E-state index in [1.54, 1.807) is 18.5 Å². The second kappa shape index (κ2) is 6.22. The first-order valence-electron chi connectivity index (χ1n) is 8.21. The molecule has 2 aliphatic rings. The quantitative estimate of drug-likeness (QED) is 0.931. The van der Waals surface area contributed by atoms with E-state index >= 15 is 0 Å². The number of likely N-dealkylation sites (tertiary alicyclic amines) is 1. The summed E-state index contributed by atoms with van der Waals surface area (Å²) in [6.07, 6.45) is 8.05. The third kappa shape index (κ3) is 3.18. The molecule has 0 aromatic carbocycles. The van der Waals surface area contributed by atoms with Crippen LogP contribution >= 0.6 is 0 Å². The highest BCUT2D eigenvalue weighted by molar-refractivity contribution is 5.47. The fourth-order valence-electron chi connectivity index (χ4n) is 3.74. The molecular weight excluding hydrogens is 288 g/mol. The molecule has 120 valence electrons. The Kier molecular flexibility index (Phi) is 3.93. The van der Waals surface area contributed by atoms with E-state index in [-0.39, 0.29) is 0 Å². The number of likely N-dealkylation sites (N-methyl/N-ethyl adjacent to an activating group) is 1. The summed E-state index contributed by atoms with van der Waals surface area (Å²) in [5, 5.41) is 3.12. The van der Waals surface area contributed by atoms with Gasteiger partial charge in [-0.15, -0.1) is 0 Å². The van der Waals surface area contributed by atoms with Crippen LogP contribution in [0.15, 0.2) is 36.8 Å². The second-order valence-electron chi connectivity index (χ2n) is 6.53. The molecule has 2 aromatic rings. The Labute approximate surface area is 136 Å². The van der Waals surface area contributed by atoms with Crippen molar-refractivity contribution in [3.05, 3.63) is 42.4 Å². The molecule has 1 N–H and O–H groups in total. The molecule has 2 aliphatic heterocycles. The van der Waals surface area contributed by atoms with Crippen LogP contribution in [0.1, 0.15) is 18.4 Å². The molecule has 0 radical (unpaired) electrons. The van der Waals surface area contributed by atoms with E-state index in [0.717, 1.165) is 12.4 Å². The summed E-state index contributed by atoms with van der Waals surface area (Å²) >= 11 is 0. The second-order valence-corrected chi connectivity index (χ2v) is 6.53. The minimum Gasteiger partial charge on any atom is -0.309 e. The van der Waals surface area contributed by atoms with Crippen LogP contribution in [0.25, 0.3) is 0 Å². The third-order valence-electron chi connectivity index (χ3n) is 4.81. The minimum absolute atomic E-state index is 0.574. The molecule has 6 nitrogen and oxygen atoms in total. The molecule has 6 heteroatoms. The maximum atomic E-state index is 4.50. The number of aromatic nitrogens is 3. The summed E-state index contributed by atoms with van der Waals surface area (Å²) in [4.78, 5) is 17.9. The molecule has 2 bridgehead atoms. The van der Waals surface area contributed by atoms with Gasteiger partial charge in [0.2, 0.25) is 5.95 Å². The molecule has 0 saturated carbocycles. The molecule has 23 heavy (non-hydrogen) atoms. The largest absolute Gasteiger partial charge is 0.309 e. The Hall–Kier alpha value is -2.05. The first-order chi connectivity index (χ1) is 11.3. The number of piperazine rings is 1. The van der Waals surface area contributed by atoms with Gasteiger partial charge in [-0.3, -0.25) is 4.90 Å². The smallest absolute Gasteiger partial charge is 0.228 e. The molecule has 4 heterocycles. The van der Waals surface area contributed by atoms with E-state index in [0.29, 0.717) is 18.0 Å². The van der Waals surface area contributed by atoms with Crippen LogP contribution in [-0.2, 0) is 6.54 Å². The van der Waals surface area contributed by atoms with Gasteiger partial charge in [0, 0.05) is 50.3 Å². The standard InChI is InChI=1S/C17H22N6/c1-22-11-14-4-5-15(12-22)23(14)10-13-3-6-16(20-9-13)21-17-18-7-2-8-19-17/h2-3,6-9,14-15H,4-5,10-12H2,1H3,(H,18,19,20,21). The average molecular weight is 310 g/mol. The fraction of sp³-hybridized carbons (Fsp3) is 0.471. The van der Waals surface area contributed by atoms with E-state index in [9.17, 15) is 0 Å². The van der Waals surface area contributed by atoms with Crippen molar-refractivity contribution in [2.45, 2.75) is 31.5 Å². The molecule has 2 unspecified atom stereocenters. The average Bonchev–Trinajstić information content (AvgIpc) is 2.80. The SMILES string of the molecule is CN1CC2CCC(C1)N2Cc1ccc(Nc2ncccn2)nc1. The highest BCUT2D eigenvalue weighted by atomic mass is 15.3. The number of nitrogens with zero attached hydrogens (tertiary/aromatic N) is 5. The zero-order valence-corrected chi connectivity index (χ0v) is 13.4. The summed E-state index contributed by atoms with van der Waals surface area (Å²) in [5.74, 6) is 1.35. The van der Waals surface area contributed by atoms with Crippen LogP contribution in [-0.4, -0.2) is 57.0 Å². The lowest BCUT2D eigenvalue weighted by molar-refractivity contribution is 0.0759. The van der Waals surface area contributed by atoms with E-state index < -0.39 is 0 Å². The van der Waals surface area contributed by atoms with Crippen LogP contribution in [0.4, 0.5) is 11.8 Å². The van der Waals surface area contributed by atoms with Crippen LogP contribution in [0.2, 0.25) is 0 Å². The topological polar surface area (TPSA) is 57.2 Å². The number of nitrogens with one attached hydrogen (secondary N) is 1. The van der Waals surface area contributed by atoms with Crippen LogP contribution < -0.4 is 5.32 Å². The lowest BCUT2D eigenvalue weighted by Crippen LogP contribution is -2.51. The molecule has 4 rings (SSSR count). The predicted molar refractivity (Wildman–Crippen MR) is 89.4 cm³/mol. The highest BCUT2D eigenvalue weighted by Crippen LogP contribution is 2.30.